The molecular weight excluding hydrogens is 418 g/mol. The molecule has 7 heteroatoms. The van der Waals surface area contributed by atoms with Crippen LogP contribution in [0.15, 0.2) is 84.8 Å². The zero-order valence-electron chi connectivity index (χ0n) is 17.6. The fourth-order valence-corrected chi connectivity index (χ4v) is 4.36. The molecule has 4 aromatic rings. The summed E-state index contributed by atoms with van der Waals surface area (Å²) >= 11 is 0. The SMILES string of the molecule is O=C1C(=O)N(CCc2c[nH]c3ccccc23)C(c2ccc(O)cc2)/C1=C(\O)c1ccncc1. The van der Waals surface area contributed by atoms with Gasteiger partial charge in [0.2, 0.25) is 0 Å². The summed E-state index contributed by atoms with van der Waals surface area (Å²) in [6, 6.07) is 16.6. The summed E-state index contributed by atoms with van der Waals surface area (Å²) in [5.41, 5.74) is 3.09. The summed E-state index contributed by atoms with van der Waals surface area (Å²) < 4.78 is 0. The van der Waals surface area contributed by atoms with Gasteiger partial charge in [0.05, 0.1) is 11.6 Å². The number of aliphatic hydroxyl groups is 1. The molecule has 1 aliphatic rings. The zero-order chi connectivity index (χ0) is 22.9. The number of likely N-dealkylation sites (tertiary alicyclic amines) is 1. The monoisotopic (exact) mass is 439 g/mol. The molecule has 1 unspecified atom stereocenters. The van der Waals surface area contributed by atoms with Gasteiger partial charge in [0, 0.05) is 41.6 Å². The predicted octanol–water partition coefficient (Wildman–Crippen LogP) is 3.93. The average molecular weight is 439 g/mol. The number of benzene rings is 2. The van der Waals surface area contributed by atoms with Crippen LogP contribution in [-0.4, -0.2) is 43.3 Å². The minimum atomic E-state index is -0.774. The Morgan fingerprint density at radius 2 is 1.73 bits per heavy atom. The molecule has 3 N–H and O–H groups in total. The molecule has 2 aromatic carbocycles. The van der Waals surface area contributed by atoms with Crippen LogP contribution in [0, 0.1) is 0 Å². The number of phenolic OH excluding ortho intramolecular Hbond substituents is 1. The number of carbonyl (C=O) groups excluding carboxylic acids is 2. The molecule has 3 heterocycles. The van der Waals surface area contributed by atoms with Crippen LogP contribution in [0.2, 0.25) is 0 Å². The molecule has 1 aliphatic heterocycles. The number of phenols is 1. The number of carbonyl (C=O) groups is 2. The van der Waals surface area contributed by atoms with Crippen molar-refractivity contribution >= 4 is 28.4 Å². The maximum atomic E-state index is 13.1. The van der Waals surface area contributed by atoms with Crippen LogP contribution < -0.4 is 0 Å². The highest BCUT2D eigenvalue weighted by Crippen LogP contribution is 2.39. The van der Waals surface area contributed by atoms with Crippen LogP contribution >= 0.6 is 0 Å². The number of rotatable bonds is 5. The van der Waals surface area contributed by atoms with Crippen molar-refractivity contribution in [2.75, 3.05) is 6.54 Å². The first-order chi connectivity index (χ1) is 16.0. The highest BCUT2D eigenvalue weighted by atomic mass is 16.3. The van der Waals surface area contributed by atoms with E-state index in [9.17, 15) is 19.8 Å². The van der Waals surface area contributed by atoms with Gasteiger partial charge in [-0.2, -0.15) is 0 Å². The van der Waals surface area contributed by atoms with Crippen molar-refractivity contribution in [3.63, 3.8) is 0 Å². The van der Waals surface area contributed by atoms with Crippen molar-refractivity contribution < 1.29 is 19.8 Å². The van der Waals surface area contributed by atoms with Crippen LogP contribution in [-0.2, 0) is 16.0 Å². The van der Waals surface area contributed by atoms with Gasteiger partial charge in [-0.1, -0.05) is 30.3 Å². The number of hydrogen-bond acceptors (Lipinski definition) is 5. The van der Waals surface area contributed by atoms with Gasteiger partial charge in [-0.05, 0) is 47.9 Å². The van der Waals surface area contributed by atoms with E-state index in [1.165, 1.54) is 29.4 Å². The molecule has 33 heavy (non-hydrogen) atoms. The molecule has 0 spiro atoms. The minimum absolute atomic E-state index is 0.0239. The van der Waals surface area contributed by atoms with Gasteiger partial charge < -0.3 is 20.1 Å². The van der Waals surface area contributed by atoms with Gasteiger partial charge in [-0.15, -0.1) is 0 Å². The number of aliphatic hydroxyl groups excluding tert-OH is 1. The van der Waals surface area contributed by atoms with Crippen LogP contribution in [0.4, 0.5) is 0 Å². The molecule has 1 saturated heterocycles. The third-order valence-electron chi connectivity index (χ3n) is 6.00. The lowest BCUT2D eigenvalue weighted by Crippen LogP contribution is -2.31. The fraction of sp³-hybridized carbons (Fsp3) is 0.115. The topological polar surface area (TPSA) is 107 Å². The van der Waals surface area contributed by atoms with Crippen molar-refractivity contribution in [1.29, 1.82) is 0 Å². The molecule has 0 bridgehead atoms. The van der Waals surface area contributed by atoms with Crippen molar-refractivity contribution in [3.8, 4) is 5.75 Å². The van der Waals surface area contributed by atoms with Crippen LogP contribution in [0.5, 0.6) is 5.75 Å². The molecule has 164 valence electrons. The number of pyridine rings is 1. The Labute approximate surface area is 189 Å². The highest BCUT2D eigenvalue weighted by molar-refractivity contribution is 6.46. The first-order valence-corrected chi connectivity index (χ1v) is 10.6. The highest BCUT2D eigenvalue weighted by Gasteiger charge is 2.45. The molecule has 1 atom stereocenters. The first kappa shape index (κ1) is 20.5. The van der Waals surface area contributed by atoms with E-state index in [0.717, 1.165) is 16.5 Å². The summed E-state index contributed by atoms with van der Waals surface area (Å²) in [5, 5.41) is 21.8. The van der Waals surface area contributed by atoms with Crippen LogP contribution in [0.3, 0.4) is 0 Å². The number of nitrogens with zero attached hydrogens (tertiary/aromatic N) is 2. The molecule has 7 nitrogen and oxygen atoms in total. The molecular formula is C26H21N3O4. The number of amides is 1. The third-order valence-corrected chi connectivity index (χ3v) is 6.00. The Morgan fingerprint density at radius 1 is 1.00 bits per heavy atom. The van der Waals surface area contributed by atoms with Gasteiger partial charge in [-0.3, -0.25) is 14.6 Å². The Bertz CT molecular complexity index is 1370. The molecule has 1 amide bonds. The number of aromatic nitrogens is 2. The maximum Gasteiger partial charge on any atom is 0.295 e. The molecule has 0 radical (unpaired) electrons. The number of aromatic hydroxyl groups is 1. The van der Waals surface area contributed by atoms with Gasteiger partial charge >= 0.3 is 0 Å². The maximum absolute atomic E-state index is 13.1. The number of fused-ring (bicyclic) bond motifs is 1. The lowest BCUT2D eigenvalue weighted by molar-refractivity contribution is -0.139. The Morgan fingerprint density at radius 3 is 2.48 bits per heavy atom. The number of Topliss-reactive ketones (excluding diaryl/α,β-unsaturated/α-hetero) is 1. The van der Waals surface area contributed by atoms with Crippen molar-refractivity contribution in [1.82, 2.24) is 14.9 Å². The molecule has 0 aliphatic carbocycles. The smallest absolute Gasteiger partial charge is 0.295 e. The zero-order valence-corrected chi connectivity index (χ0v) is 17.6. The predicted molar refractivity (Wildman–Crippen MR) is 123 cm³/mol. The quantitative estimate of drug-likeness (QED) is 0.248. The second-order valence-electron chi connectivity index (χ2n) is 7.93. The lowest BCUT2D eigenvalue weighted by Gasteiger charge is -2.25. The summed E-state index contributed by atoms with van der Waals surface area (Å²) in [6.07, 6.45) is 5.46. The van der Waals surface area contributed by atoms with E-state index in [4.69, 9.17) is 0 Å². The third kappa shape index (κ3) is 3.63. The van der Waals surface area contributed by atoms with Gasteiger partial charge in [0.25, 0.3) is 11.7 Å². The summed E-state index contributed by atoms with van der Waals surface area (Å²) in [4.78, 5) is 34.8. The standard InChI is InChI=1S/C26H21N3O4/c30-19-7-5-16(6-8-19)23-22(24(31)17-9-12-27-13-10-17)25(32)26(33)29(23)14-11-18-15-28-21-4-2-1-3-20(18)21/h1-10,12-13,15,23,28,30-31H,11,14H2/b24-22+. The molecule has 0 saturated carbocycles. The summed E-state index contributed by atoms with van der Waals surface area (Å²) in [5.74, 6) is -1.57. The van der Waals surface area contributed by atoms with E-state index in [-0.39, 0.29) is 23.6 Å². The second kappa shape index (κ2) is 8.27. The van der Waals surface area contributed by atoms with Gasteiger partial charge in [0.1, 0.15) is 11.5 Å². The number of aromatic amines is 1. The van der Waals surface area contributed by atoms with Crippen LogP contribution in [0.25, 0.3) is 16.7 Å². The average Bonchev–Trinajstić information content (AvgIpc) is 3.37. The minimum Gasteiger partial charge on any atom is -0.508 e. The van der Waals surface area contributed by atoms with Gasteiger partial charge in [0.15, 0.2) is 0 Å². The number of hydrogen-bond donors (Lipinski definition) is 3. The Kier molecular flexibility index (Phi) is 5.14. The summed E-state index contributed by atoms with van der Waals surface area (Å²) in [6.45, 7) is 0.283. The number of para-hydroxylation sites is 1. The van der Waals surface area contributed by atoms with E-state index >= 15 is 0 Å². The van der Waals surface area contributed by atoms with Crippen molar-refractivity contribution in [2.24, 2.45) is 0 Å². The Balaban J connectivity index is 1.56. The van der Waals surface area contributed by atoms with E-state index in [2.05, 4.69) is 9.97 Å². The van der Waals surface area contributed by atoms with Gasteiger partial charge in [-0.25, -0.2) is 0 Å². The number of H-pyrrole nitrogens is 1. The van der Waals surface area contributed by atoms with E-state index in [1.807, 2.05) is 30.5 Å². The molecule has 5 rings (SSSR count). The normalized spacial score (nSPS) is 17.7. The van der Waals surface area contributed by atoms with Crippen molar-refractivity contribution in [3.05, 3.63) is 102 Å². The van der Waals surface area contributed by atoms with Crippen molar-refractivity contribution in [2.45, 2.75) is 12.5 Å². The fourth-order valence-electron chi connectivity index (χ4n) is 4.36. The number of ketones is 1. The van der Waals surface area contributed by atoms with E-state index in [0.29, 0.717) is 17.5 Å². The second-order valence-corrected chi connectivity index (χ2v) is 7.93. The Hall–Kier alpha value is -4.39. The number of nitrogens with one attached hydrogen (secondary N) is 1. The first-order valence-electron chi connectivity index (χ1n) is 10.6. The lowest BCUT2D eigenvalue weighted by atomic mass is 9.95. The molecule has 2 aromatic heterocycles. The summed E-state index contributed by atoms with van der Waals surface area (Å²) in [7, 11) is 0. The van der Waals surface area contributed by atoms with E-state index in [1.54, 1.807) is 24.3 Å². The van der Waals surface area contributed by atoms with E-state index < -0.39 is 17.7 Å². The molecule has 1 fully saturated rings. The largest absolute Gasteiger partial charge is 0.508 e. The van der Waals surface area contributed by atoms with Crippen LogP contribution in [0.1, 0.15) is 22.7 Å².